The van der Waals surface area contributed by atoms with Crippen molar-refractivity contribution in [3.05, 3.63) is 0 Å². The summed E-state index contributed by atoms with van der Waals surface area (Å²) in [5.74, 6) is -1.24. The van der Waals surface area contributed by atoms with Crippen molar-refractivity contribution in [3.63, 3.8) is 0 Å². The highest BCUT2D eigenvalue weighted by Crippen LogP contribution is 2.10. The zero-order valence-electron chi connectivity index (χ0n) is 10.2. The second kappa shape index (κ2) is 6.56. The van der Waals surface area contributed by atoms with Gasteiger partial charge in [0.2, 0.25) is 5.91 Å². The maximum absolute atomic E-state index is 11.8. The molecule has 3 unspecified atom stereocenters. The monoisotopic (exact) mass is 244 g/mol. The molecule has 6 heteroatoms. The molecular formula is C11H20N2O4. The lowest BCUT2D eigenvalue weighted by atomic mass is 10.1. The highest BCUT2D eigenvalue weighted by Gasteiger charge is 2.31. The number of carboxylic acid groups (broad SMARTS) is 1. The van der Waals surface area contributed by atoms with Gasteiger partial charge in [0.25, 0.3) is 0 Å². The lowest BCUT2D eigenvalue weighted by Crippen LogP contribution is -2.48. The van der Waals surface area contributed by atoms with Crippen molar-refractivity contribution in [2.45, 2.75) is 44.4 Å². The Kier molecular flexibility index (Phi) is 5.37. The molecule has 1 aliphatic rings. The number of carbonyl (C=O) groups is 2. The van der Waals surface area contributed by atoms with Crippen LogP contribution in [0, 0.1) is 0 Å². The molecular weight excluding hydrogens is 224 g/mol. The summed E-state index contributed by atoms with van der Waals surface area (Å²) in [5.41, 5.74) is 0. The number of hydrogen-bond acceptors (Lipinski definition) is 4. The van der Waals surface area contributed by atoms with E-state index < -0.39 is 12.0 Å². The van der Waals surface area contributed by atoms with E-state index in [2.05, 4.69) is 10.6 Å². The summed E-state index contributed by atoms with van der Waals surface area (Å²) in [4.78, 5) is 22.7. The molecule has 3 atom stereocenters. The van der Waals surface area contributed by atoms with Crippen LogP contribution in [0.4, 0.5) is 0 Å². The molecule has 1 heterocycles. The number of ether oxygens (including phenoxy) is 1. The van der Waals surface area contributed by atoms with E-state index >= 15 is 0 Å². The predicted octanol–water partition coefficient (Wildman–Crippen LogP) is -0.267. The predicted molar refractivity (Wildman–Crippen MR) is 61.7 cm³/mol. The zero-order chi connectivity index (χ0) is 12.8. The molecule has 1 rings (SSSR count). The van der Waals surface area contributed by atoms with Crippen LogP contribution in [0.15, 0.2) is 0 Å². The van der Waals surface area contributed by atoms with E-state index in [1.165, 1.54) is 0 Å². The van der Waals surface area contributed by atoms with E-state index in [0.29, 0.717) is 19.4 Å². The molecule has 1 fully saturated rings. The molecule has 1 saturated heterocycles. The molecule has 0 aromatic heterocycles. The zero-order valence-corrected chi connectivity index (χ0v) is 10.2. The quantitative estimate of drug-likeness (QED) is 0.599. The van der Waals surface area contributed by atoms with E-state index in [-0.39, 0.29) is 18.1 Å². The second-order valence-electron chi connectivity index (χ2n) is 4.24. The summed E-state index contributed by atoms with van der Waals surface area (Å²) in [6.45, 7) is 2.51. The summed E-state index contributed by atoms with van der Waals surface area (Å²) in [5, 5.41) is 14.5. The highest BCUT2D eigenvalue weighted by atomic mass is 16.5. The van der Waals surface area contributed by atoms with Gasteiger partial charge in [0.15, 0.2) is 0 Å². The van der Waals surface area contributed by atoms with Crippen molar-refractivity contribution in [1.29, 1.82) is 0 Å². The van der Waals surface area contributed by atoms with E-state index in [9.17, 15) is 9.59 Å². The Hall–Kier alpha value is -1.14. The van der Waals surface area contributed by atoms with Crippen molar-refractivity contribution < 1.29 is 19.4 Å². The summed E-state index contributed by atoms with van der Waals surface area (Å²) in [6.07, 6.45) is 1.78. The Morgan fingerprint density at radius 2 is 2.29 bits per heavy atom. The van der Waals surface area contributed by atoms with Gasteiger partial charge in [-0.05, 0) is 12.8 Å². The Labute approximate surface area is 101 Å². The van der Waals surface area contributed by atoms with E-state index in [1.807, 2.05) is 6.92 Å². The molecule has 6 nitrogen and oxygen atoms in total. The average molecular weight is 244 g/mol. The fourth-order valence-electron chi connectivity index (χ4n) is 1.90. The van der Waals surface area contributed by atoms with Crippen molar-refractivity contribution in [2.24, 2.45) is 0 Å². The first kappa shape index (κ1) is 13.9. The molecule has 1 amide bonds. The summed E-state index contributed by atoms with van der Waals surface area (Å²) < 4.78 is 5.13. The normalized spacial score (nSPS) is 25.5. The molecule has 0 aromatic carbocycles. The molecule has 0 aromatic rings. The van der Waals surface area contributed by atoms with Crippen molar-refractivity contribution in [2.75, 3.05) is 13.7 Å². The van der Waals surface area contributed by atoms with E-state index in [0.717, 1.165) is 6.42 Å². The summed E-state index contributed by atoms with van der Waals surface area (Å²) >= 11 is 0. The van der Waals surface area contributed by atoms with Gasteiger partial charge in [-0.1, -0.05) is 13.3 Å². The van der Waals surface area contributed by atoms with Gasteiger partial charge in [-0.25, -0.2) is 4.79 Å². The molecule has 3 N–H and O–H groups in total. The van der Waals surface area contributed by atoms with Crippen LogP contribution < -0.4 is 10.6 Å². The Morgan fingerprint density at radius 3 is 2.76 bits per heavy atom. The Morgan fingerprint density at radius 1 is 1.59 bits per heavy atom. The smallest absolute Gasteiger partial charge is 0.326 e. The maximum atomic E-state index is 11.8. The largest absolute Gasteiger partial charge is 0.480 e. The molecule has 17 heavy (non-hydrogen) atoms. The Bertz CT molecular complexity index is 283. The number of carboxylic acids is 1. The first-order valence-corrected chi connectivity index (χ1v) is 5.87. The third-order valence-corrected chi connectivity index (χ3v) is 2.93. The first-order valence-electron chi connectivity index (χ1n) is 5.87. The first-order chi connectivity index (χ1) is 8.08. The number of aliphatic carboxylic acids is 1. The third-order valence-electron chi connectivity index (χ3n) is 2.93. The van der Waals surface area contributed by atoms with Crippen LogP contribution >= 0.6 is 0 Å². The molecule has 0 aliphatic carbocycles. The maximum Gasteiger partial charge on any atom is 0.326 e. The highest BCUT2D eigenvalue weighted by molar-refractivity contribution is 5.87. The summed E-state index contributed by atoms with van der Waals surface area (Å²) in [6, 6.07) is -1.14. The van der Waals surface area contributed by atoms with Gasteiger partial charge in [0.1, 0.15) is 6.04 Å². The van der Waals surface area contributed by atoms with Crippen LogP contribution in [0.1, 0.15) is 26.2 Å². The fraction of sp³-hybridized carbons (Fsp3) is 0.818. The SMILES string of the molecule is CCCC(NC(=O)C1CC(OC)CN1)C(=O)O. The van der Waals surface area contributed by atoms with Crippen molar-refractivity contribution >= 4 is 11.9 Å². The van der Waals surface area contributed by atoms with Crippen LogP contribution in [-0.4, -0.2) is 48.8 Å². The van der Waals surface area contributed by atoms with E-state index in [4.69, 9.17) is 9.84 Å². The van der Waals surface area contributed by atoms with Crippen molar-refractivity contribution in [1.82, 2.24) is 10.6 Å². The standard InChI is InChI=1S/C11H20N2O4/c1-3-4-8(11(15)16)13-10(14)9-5-7(17-2)6-12-9/h7-9,12H,3-6H2,1-2H3,(H,13,14)(H,15,16). The lowest BCUT2D eigenvalue weighted by molar-refractivity contribution is -0.142. The van der Waals surface area contributed by atoms with E-state index in [1.54, 1.807) is 7.11 Å². The number of methoxy groups -OCH3 is 1. The molecule has 0 saturated carbocycles. The minimum absolute atomic E-state index is 0.0280. The second-order valence-corrected chi connectivity index (χ2v) is 4.24. The van der Waals surface area contributed by atoms with Crippen LogP contribution in [0.2, 0.25) is 0 Å². The molecule has 98 valence electrons. The number of carbonyl (C=O) groups excluding carboxylic acids is 1. The Balaban J connectivity index is 2.45. The van der Waals surface area contributed by atoms with Gasteiger partial charge in [-0.2, -0.15) is 0 Å². The van der Waals surface area contributed by atoms with Crippen molar-refractivity contribution in [3.8, 4) is 0 Å². The van der Waals surface area contributed by atoms with Crippen LogP contribution in [0.25, 0.3) is 0 Å². The molecule has 0 radical (unpaired) electrons. The van der Waals surface area contributed by atoms with Gasteiger partial charge < -0.3 is 20.5 Å². The fourth-order valence-corrected chi connectivity index (χ4v) is 1.90. The molecule has 1 aliphatic heterocycles. The van der Waals surface area contributed by atoms with Gasteiger partial charge in [0, 0.05) is 13.7 Å². The minimum Gasteiger partial charge on any atom is -0.480 e. The summed E-state index contributed by atoms with van der Waals surface area (Å²) in [7, 11) is 1.60. The van der Waals surface area contributed by atoms with Gasteiger partial charge >= 0.3 is 5.97 Å². The molecule has 0 bridgehead atoms. The number of hydrogen-bond donors (Lipinski definition) is 3. The van der Waals surface area contributed by atoms with Crippen LogP contribution in [0.3, 0.4) is 0 Å². The number of rotatable bonds is 6. The lowest BCUT2D eigenvalue weighted by Gasteiger charge is -2.16. The topological polar surface area (TPSA) is 87.7 Å². The van der Waals surface area contributed by atoms with Gasteiger partial charge in [-0.3, -0.25) is 4.79 Å². The number of amides is 1. The minimum atomic E-state index is -0.985. The van der Waals surface area contributed by atoms with Crippen LogP contribution in [-0.2, 0) is 14.3 Å². The van der Waals surface area contributed by atoms with Gasteiger partial charge in [0.05, 0.1) is 12.1 Å². The molecule has 0 spiro atoms. The third kappa shape index (κ3) is 3.98. The van der Waals surface area contributed by atoms with Crippen LogP contribution in [0.5, 0.6) is 0 Å². The average Bonchev–Trinajstić information content (AvgIpc) is 2.76. The van der Waals surface area contributed by atoms with Gasteiger partial charge in [-0.15, -0.1) is 0 Å². The number of nitrogens with one attached hydrogen (secondary N) is 2.